The number of rotatable bonds is 6. The number of morpholine rings is 1. The fourth-order valence-corrected chi connectivity index (χ4v) is 3.08. The summed E-state index contributed by atoms with van der Waals surface area (Å²) in [7, 11) is 0. The molecule has 0 unspecified atom stereocenters. The molecule has 2 fully saturated rings. The maximum atomic E-state index is 12.6. The zero-order valence-corrected chi connectivity index (χ0v) is 13.8. The summed E-state index contributed by atoms with van der Waals surface area (Å²) in [6.07, 6.45) is 5.26. The van der Waals surface area contributed by atoms with Crippen LogP contribution in [-0.2, 0) is 14.3 Å². The lowest BCUT2D eigenvalue weighted by atomic mass is 10.2. The summed E-state index contributed by atoms with van der Waals surface area (Å²) in [5.74, 6) is -0.0512. The highest BCUT2D eigenvalue weighted by Gasteiger charge is 2.25. The van der Waals surface area contributed by atoms with Gasteiger partial charge in [-0.15, -0.1) is 0 Å². The van der Waals surface area contributed by atoms with Crippen molar-refractivity contribution in [3.05, 3.63) is 24.2 Å². The Morgan fingerprint density at radius 3 is 2.75 bits per heavy atom. The fourth-order valence-electron chi connectivity index (χ4n) is 3.08. The third kappa shape index (κ3) is 4.36. The van der Waals surface area contributed by atoms with Gasteiger partial charge in [-0.1, -0.05) is 0 Å². The van der Waals surface area contributed by atoms with Gasteiger partial charge in [-0.05, 0) is 18.9 Å². The van der Waals surface area contributed by atoms with Crippen molar-refractivity contribution in [1.82, 2.24) is 9.80 Å². The largest absolute Gasteiger partial charge is 0.472 e. The molecule has 132 valence electrons. The molecule has 3 rings (SSSR count). The molecule has 2 aliphatic rings. The highest BCUT2D eigenvalue weighted by molar-refractivity contribution is 5.94. The summed E-state index contributed by atoms with van der Waals surface area (Å²) in [6.45, 7) is 4.06. The second-order valence-electron chi connectivity index (χ2n) is 6.14. The normalized spacial score (nSPS) is 21.0. The average Bonchev–Trinajstić information content (AvgIpc) is 3.32. The van der Waals surface area contributed by atoms with E-state index >= 15 is 0 Å². The van der Waals surface area contributed by atoms with Crippen molar-refractivity contribution in [3.63, 3.8) is 0 Å². The molecule has 1 aromatic heterocycles. The molecule has 2 aliphatic heterocycles. The quantitative estimate of drug-likeness (QED) is 0.779. The van der Waals surface area contributed by atoms with Crippen LogP contribution in [0.2, 0.25) is 0 Å². The first-order valence-electron chi connectivity index (χ1n) is 8.52. The molecule has 0 spiro atoms. The number of carbonyl (C=O) groups excluding carboxylic acids is 2. The van der Waals surface area contributed by atoms with Gasteiger partial charge in [0.15, 0.2) is 0 Å². The Morgan fingerprint density at radius 1 is 1.25 bits per heavy atom. The Balaban J connectivity index is 1.58. The number of hydrogen-bond acceptors (Lipinski definition) is 5. The predicted octanol–water partition coefficient (Wildman–Crippen LogP) is 1.15. The highest BCUT2D eigenvalue weighted by Crippen LogP contribution is 2.16. The number of hydrogen-bond donors (Lipinski definition) is 0. The van der Waals surface area contributed by atoms with E-state index in [1.54, 1.807) is 15.9 Å². The lowest BCUT2D eigenvalue weighted by Crippen LogP contribution is -2.43. The fraction of sp³-hybridized carbons (Fsp3) is 0.647. The van der Waals surface area contributed by atoms with E-state index in [4.69, 9.17) is 13.9 Å². The van der Waals surface area contributed by atoms with Crippen LogP contribution in [0.15, 0.2) is 23.0 Å². The first kappa shape index (κ1) is 17.0. The van der Waals surface area contributed by atoms with Crippen molar-refractivity contribution in [2.45, 2.75) is 25.4 Å². The van der Waals surface area contributed by atoms with E-state index in [-0.39, 0.29) is 17.9 Å². The number of ether oxygens (including phenoxy) is 2. The summed E-state index contributed by atoms with van der Waals surface area (Å²) >= 11 is 0. The Labute approximate surface area is 141 Å². The molecule has 2 amide bonds. The van der Waals surface area contributed by atoms with Gasteiger partial charge in [0.25, 0.3) is 5.91 Å². The van der Waals surface area contributed by atoms with E-state index in [1.807, 2.05) is 0 Å². The standard InChI is InChI=1S/C17H24N2O5/c20-16(18-6-10-22-11-7-18)3-5-19(12-15-2-1-8-24-15)17(21)14-4-9-23-13-14/h4,9,13,15H,1-3,5-8,10-12H2/t15-/m1/s1. The van der Waals surface area contributed by atoms with Gasteiger partial charge in [0.05, 0.1) is 31.1 Å². The summed E-state index contributed by atoms with van der Waals surface area (Å²) in [5.41, 5.74) is 0.506. The van der Waals surface area contributed by atoms with E-state index < -0.39 is 0 Å². The van der Waals surface area contributed by atoms with Crippen LogP contribution in [0.1, 0.15) is 29.6 Å². The van der Waals surface area contributed by atoms with Crippen LogP contribution in [0.4, 0.5) is 0 Å². The molecular formula is C17H24N2O5. The maximum absolute atomic E-state index is 12.6. The van der Waals surface area contributed by atoms with Gasteiger partial charge in [0.2, 0.25) is 5.91 Å². The van der Waals surface area contributed by atoms with Crippen LogP contribution < -0.4 is 0 Å². The number of amides is 2. The van der Waals surface area contributed by atoms with Crippen molar-refractivity contribution >= 4 is 11.8 Å². The molecule has 24 heavy (non-hydrogen) atoms. The summed E-state index contributed by atoms with van der Waals surface area (Å²) in [5, 5.41) is 0. The zero-order valence-electron chi connectivity index (χ0n) is 13.8. The molecule has 1 aromatic rings. The molecule has 0 radical (unpaired) electrons. The van der Waals surface area contributed by atoms with Crippen LogP contribution in [0.3, 0.4) is 0 Å². The third-order valence-electron chi connectivity index (χ3n) is 4.46. The van der Waals surface area contributed by atoms with Crippen LogP contribution in [0, 0.1) is 0 Å². The van der Waals surface area contributed by atoms with Crippen molar-refractivity contribution in [1.29, 1.82) is 0 Å². The Morgan fingerprint density at radius 2 is 2.08 bits per heavy atom. The first-order valence-corrected chi connectivity index (χ1v) is 8.52. The molecule has 7 heteroatoms. The molecular weight excluding hydrogens is 312 g/mol. The Kier molecular flexibility index (Phi) is 5.87. The molecule has 1 atom stereocenters. The van der Waals surface area contributed by atoms with Crippen molar-refractivity contribution in [2.24, 2.45) is 0 Å². The number of nitrogens with zero attached hydrogens (tertiary/aromatic N) is 2. The summed E-state index contributed by atoms with van der Waals surface area (Å²) in [4.78, 5) is 28.5. The van der Waals surface area contributed by atoms with Crippen LogP contribution >= 0.6 is 0 Å². The SMILES string of the molecule is O=C(CCN(C[C@H]1CCCO1)C(=O)c1ccoc1)N1CCOCC1. The van der Waals surface area contributed by atoms with E-state index in [2.05, 4.69) is 0 Å². The summed E-state index contributed by atoms with van der Waals surface area (Å²) < 4.78 is 15.9. The highest BCUT2D eigenvalue weighted by atomic mass is 16.5. The van der Waals surface area contributed by atoms with E-state index in [1.165, 1.54) is 12.5 Å². The molecule has 0 N–H and O–H groups in total. The van der Waals surface area contributed by atoms with Crippen molar-refractivity contribution in [2.75, 3.05) is 46.0 Å². The lowest BCUT2D eigenvalue weighted by molar-refractivity contribution is -0.135. The van der Waals surface area contributed by atoms with Gasteiger partial charge in [0, 0.05) is 39.2 Å². The van der Waals surface area contributed by atoms with Crippen LogP contribution in [-0.4, -0.2) is 73.7 Å². The average molecular weight is 336 g/mol. The minimum absolute atomic E-state index is 0.0549. The topological polar surface area (TPSA) is 72.2 Å². The second-order valence-corrected chi connectivity index (χ2v) is 6.14. The molecule has 0 aromatic carbocycles. The maximum Gasteiger partial charge on any atom is 0.257 e. The molecule has 3 heterocycles. The summed E-state index contributed by atoms with van der Waals surface area (Å²) in [6, 6.07) is 1.65. The molecule has 2 saturated heterocycles. The minimum Gasteiger partial charge on any atom is -0.472 e. The van der Waals surface area contributed by atoms with E-state index in [0.29, 0.717) is 51.4 Å². The Bertz CT molecular complexity index is 533. The van der Waals surface area contributed by atoms with Gasteiger partial charge in [-0.2, -0.15) is 0 Å². The zero-order chi connectivity index (χ0) is 16.8. The molecule has 7 nitrogen and oxygen atoms in total. The smallest absolute Gasteiger partial charge is 0.257 e. The first-order chi connectivity index (χ1) is 11.7. The number of furan rings is 1. The van der Waals surface area contributed by atoms with Gasteiger partial charge < -0.3 is 23.7 Å². The van der Waals surface area contributed by atoms with Gasteiger partial charge in [0.1, 0.15) is 6.26 Å². The van der Waals surface area contributed by atoms with E-state index in [9.17, 15) is 9.59 Å². The molecule has 0 saturated carbocycles. The monoisotopic (exact) mass is 336 g/mol. The molecule has 0 aliphatic carbocycles. The third-order valence-corrected chi connectivity index (χ3v) is 4.46. The number of carbonyl (C=O) groups is 2. The van der Waals surface area contributed by atoms with Crippen molar-refractivity contribution < 1.29 is 23.5 Å². The van der Waals surface area contributed by atoms with Gasteiger partial charge in [-0.25, -0.2) is 0 Å². The predicted molar refractivity (Wildman–Crippen MR) is 85.6 cm³/mol. The van der Waals surface area contributed by atoms with Gasteiger partial charge in [-0.3, -0.25) is 9.59 Å². The van der Waals surface area contributed by atoms with Crippen molar-refractivity contribution in [3.8, 4) is 0 Å². The van der Waals surface area contributed by atoms with Gasteiger partial charge >= 0.3 is 0 Å². The van der Waals surface area contributed by atoms with Crippen LogP contribution in [0.5, 0.6) is 0 Å². The Hall–Kier alpha value is -1.86. The minimum atomic E-state index is -0.117. The molecule has 0 bridgehead atoms. The van der Waals surface area contributed by atoms with Crippen LogP contribution in [0.25, 0.3) is 0 Å². The second kappa shape index (κ2) is 8.30. The lowest BCUT2D eigenvalue weighted by Gasteiger charge is -2.29. The van der Waals surface area contributed by atoms with E-state index in [0.717, 1.165) is 19.4 Å².